The Bertz CT molecular complexity index is 1150. The first-order valence-electron chi connectivity index (χ1n) is 8.59. The number of thiazole rings is 1. The van der Waals surface area contributed by atoms with E-state index in [0.29, 0.717) is 15.8 Å². The number of carbonyl (C=O) groups is 2. The number of ether oxygens (including phenoxy) is 1. The number of esters is 1. The number of rotatable bonds is 6. The smallest absolute Gasteiger partial charge is 0.326 e. The van der Waals surface area contributed by atoms with Gasteiger partial charge in [0.25, 0.3) is 11.6 Å². The molecule has 0 radical (unpaired) electrons. The lowest BCUT2D eigenvalue weighted by Crippen LogP contribution is -2.23. The van der Waals surface area contributed by atoms with Gasteiger partial charge in [0, 0.05) is 22.6 Å². The Labute approximate surface area is 174 Å². The fraction of sp³-hybridized carbons (Fsp3) is 0.211. The Morgan fingerprint density at radius 3 is 2.59 bits per heavy atom. The summed E-state index contributed by atoms with van der Waals surface area (Å²) in [5.74, 6) is -0.944. The van der Waals surface area contributed by atoms with E-state index < -0.39 is 16.8 Å². The van der Waals surface area contributed by atoms with Gasteiger partial charge in [0.15, 0.2) is 4.80 Å². The van der Waals surface area contributed by atoms with Gasteiger partial charge in [0.1, 0.15) is 6.54 Å². The van der Waals surface area contributed by atoms with Crippen LogP contribution in [0.5, 0.6) is 0 Å². The van der Waals surface area contributed by atoms with Crippen LogP contribution in [0.1, 0.15) is 17.3 Å². The number of aromatic nitrogens is 1. The minimum absolute atomic E-state index is 0.0763. The van der Waals surface area contributed by atoms with Gasteiger partial charge in [-0.1, -0.05) is 11.3 Å². The molecule has 0 aliphatic rings. The predicted octanol–water partition coefficient (Wildman–Crippen LogP) is 3.64. The zero-order valence-corrected chi connectivity index (χ0v) is 17.3. The number of thioether (sulfide) groups is 1. The van der Waals surface area contributed by atoms with E-state index in [1.54, 1.807) is 36.9 Å². The molecule has 0 N–H and O–H groups in total. The molecular formula is C19H17N3O5S2. The van der Waals surface area contributed by atoms with Crippen molar-refractivity contribution >= 4 is 50.9 Å². The molecule has 1 amide bonds. The summed E-state index contributed by atoms with van der Waals surface area (Å²) in [6.45, 7) is 1.77. The van der Waals surface area contributed by atoms with E-state index in [-0.39, 0.29) is 23.6 Å². The number of benzene rings is 2. The fourth-order valence-corrected chi connectivity index (χ4v) is 4.10. The molecule has 0 unspecified atom stereocenters. The molecular weight excluding hydrogens is 414 g/mol. The zero-order chi connectivity index (χ0) is 21.0. The summed E-state index contributed by atoms with van der Waals surface area (Å²) in [7, 11) is 0. The lowest BCUT2D eigenvalue weighted by atomic mass is 10.2. The average Bonchev–Trinajstić information content (AvgIpc) is 3.04. The van der Waals surface area contributed by atoms with Crippen molar-refractivity contribution in [3.63, 3.8) is 0 Å². The number of carbonyl (C=O) groups excluding carboxylic acids is 2. The number of nitrogens with zero attached hydrogens (tertiary/aromatic N) is 3. The normalized spacial score (nSPS) is 11.6. The van der Waals surface area contributed by atoms with Crippen molar-refractivity contribution in [1.82, 2.24) is 4.57 Å². The molecule has 3 rings (SSSR count). The molecule has 0 saturated carbocycles. The summed E-state index contributed by atoms with van der Waals surface area (Å²) in [6, 6.07) is 11.3. The lowest BCUT2D eigenvalue weighted by molar-refractivity contribution is -0.384. The molecule has 3 aromatic rings. The van der Waals surface area contributed by atoms with Gasteiger partial charge in [-0.3, -0.25) is 19.7 Å². The Balaban J connectivity index is 2.09. The van der Waals surface area contributed by atoms with Crippen molar-refractivity contribution in [2.45, 2.75) is 18.4 Å². The molecule has 0 fully saturated rings. The van der Waals surface area contributed by atoms with E-state index >= 15 is 0 Å². The molecule has 10 heteroatoms. The van der Waals surface area contributed by atoms with E-state index in [0.717, 1.165) is 16.2 Å². The first-order valence-corrected chi connectivity index (χ1v) is 10.6. The number of hydrogen-bond donors (Lipinski definition) is 0. The SMILES string of the molecule is CCOC(=O)Cn1c(=NC(=O)c2ccc(SC)cc2)sc2cc([N+](=O)[O-])ccc21. The Morgan fingerprint density at radius 1 is 1.24 bits per heavy atom. The maximum atomic E-state index is 12.6. The van der Waals surface area contributed by atoms with Gasteiger partial charge < -0.3 is 9.30 Å². The van der Waals surface area contributed by atoms with Crippen molar-refractivity contribution in [2.24, 2.45) is 4.99 Å². The maximum Gasteiger partial charge on any atom is 0.326 e. The largest absolute Gasteiger partial charge is 0.465 e. The third-order valence-electron chi connectivity index (χ3n) is 4.00. The van der Waals surface area contributed by atoms with Gasteiger partial charge in [-0.2, -0.15) is 4.99 Å². The number of non-ortho nitro benzene ring substituents is 1. The van der Waals surface area contributed by atoms with Crippen LogP contribution in [-0.4, -0.2) is 34.2 Å². The molecule has 29 heavy (non-hydrogen) atoms. The summed E-state index contributed by atoms with van der Waals surface area (Å²) in [6.07, 6.45) is 1.94. The zero-order valence-electron chi connectivity index (χ0n) is 15.7. The summed E-state index contributed by atoms with van der Waals surface area (Å²) in [5.41, 5.74) is 0.902. The molecule has 0 spiro atoms. The number of nitro groups is 1. The van der Waals surface area contributed by atoms with Crippen molar-refractivity contribution in [3.05, 3.63) is 62.9 Å². The van der Waals surface area contributed by atoms with E-state index in [1.807, 2.05) is 18.4 Å². The van der Waals surface area contributed by atoms with E-state index in [4.69, 9.17) is 4.74 Å². The lowest BCUT2D eigenvalue weighted by Gasteiger charge is -2.05. The standard InChI is InChI=1S/C19H17N3O5S2/c1-3-27-17(23)11-21-15-9-6-13(22(25)26)10-16(15)29-19(21)20-18(24)12-4-7-14(28-2)8-5-12/h4-10H,3,11H2,1-2H3. The summed E-state index contributed by atoms with van der Waals surface area (Å²) >= 11 is 2.67. The monoisotopic (exact) mass is 431 g/mol. The molecule has 0 atom stereocenters. The molecule has 1 heterocycles. The van der Waals surface area contributed by atoms with Crippen LogP contribution in [0.4, 0.5) is 5.69 Å². The minimum Gasteiger partial charge on any atom is -0.465 e. The van der Waals surface area contributed by atoms with Crippen molar-refractivity contribution in [1.29, 1.82) is 0 Å². The van der Waals surface area contributed by atoms with Gasteiger partial charge in [-0.25, -0.2) is 0 Å². The molecule has 0 saturated heterocycles. The highest BCUT2D eigenvalue weighted by Crippen LogP contribution is 2.23. The molecule has 1 aromatic heterocycles. The Kier molecular flexibility index (Phi) is 6.45. The van der Waals surface area contributed by atoms with Crippen LogP contribution in [0.15, 0.2) is 52.4 Å². The van der Waals surface area contributed by atoms with Gasteiger partial charge in [-0.05, 0) is 43.5 Å². The van der Waals surface area contributed by atoms with Crippen LogP contribution in [0, 0.1) is 10.1 Å². The predicted molar refractivity (Wildman–Crippen MR) is 111 cm³/mol. The summed E-state index contributed by atoms with van der Waals surface area (Å²) in [4.78, 5) is 40.7. The first-order chi connectivity index (χ1) is 13.9. The molecule has 0 bridgehead atoms. The molecule has 8 nitrogen and oxygen atoms in total. The number of amides is 1. The molecule has 0 aliphatic carbocycles. The van der Waals surface area contributed by atoms with Crippen LogP contribution in [0.3, 0.4) is 0 Å². The van der Waals surface area contributed by atoms with Gasteiger partial charge in [0.2, 0.25) is 0 Å². The van der Waals surface area contributed by atoms with Crippen LogP contribution in [0.2, 0.25) is 0 Å². The second-order valence-electron chi connectivity index (χ2n) is 5.83. The van der Waals surface area contributed by atoms with Gasteiger partial charge in [0.05, 0.1) is 21.7 Å². The van der Waals surface area contributed by atoms with E-state index in [2.05, 4.69) is 4.99 Å². The Hall–Kier alpha value is -2.98. The molecule has 2 aromatic carbocycles. The number of hydrogen-bond acceptors (Lipinski definition) is 7. The third kappa shape index (κ3) is 4.72. The minimum atomic E-state index is -0.496. The van der Waals surface area contributed by atoms with Crippen LogP contribution >= 0.6 is 23.1 Å². The van der Waals surface area contributed by atoms with Gasteiger partial charge >= 0.3 is 5.97 Å². The highest BCUT2D eigenvalue weighted by Gasteiger charge is 2.15. The topological polar surface area (TPSA) is 104 Å². The first kappa shape index (κ1) is 20.7. The van der Waals surface area contributed by atoms with Gasteiger partial charge in [-0.15, -0.1) is 11.8 Å². The van der Waals surface area contributed by atoms with Crippen molar-refractivity contribution in [3.8, 4) is 0 Å². The van der Waals surface area contributed by atoms with Crippen LogP contribution in [0.25, 0.3) is 10.2 Å². The maximum absolute atomic E-state index is 12.6. The summed E-state index contributed by atoms with van der Waals surface area (Å²) in [5, 5.41) is 11.1. The summed E-state index contributed by atoms with van der Waals surface area (Å²) < 4.78 is 7.09. The van der Waals surface area contributed by atoms with Crippen LogP contribution < -0.4 is 4.80 Å². The highest BCUT2D eigenvalue weighted by atomic mass is 32.2. The Morgan fingerprint density at radius 2 is 1.97 bits per heavy atom. The van der Waals surface area contributed by atoms with Crippen LogP contribution in [-0.2, 0) is 16.1 Å². The average molecular weight is 431 g/mol. The van der Waals surface area contributed by atoms with E-state index in [1.165, 1.54) is 16.7 Å². The second-order valence-corrected chi connectivity index (χ2v) is 7.72. The van der Waals surface area contributed by atoms with Crippen molar-refractivity contribution in [2.75, 3.05) is 12.9 Å². The fourth-order valence-electron chi connectivity index (χ4n) is 2.63. The van der Waals surface area contributed by atoms with Crippen molar-refractivity contribution < 1.29 is 19.2 Å². The number of nitro benzene ring substituents is 1. The highest BCUT2D eigenvalue weighted by molar-refractivity contribution is 7.98. The molecule has 150 valence electrons. The quantitative estimate of drug-likeness (QED) is 0.255. The second kappa shape index (κ2) is 9.01. The third-order valence-corrected chi connectivity index (χ3v) is 5.79. The molecule has 0 aliphatic heterocycles. The number of fused-ring (bicyclic) bond motifs is 1. The van der Waals surface area contributed by atoms with E-state index in [9.17, 15) is 19.7 Å².